The van der Waals surface area contributed by atoms with Crippen LogP contribution in [0, 0.1) is 5.82 Å². The van der Waals surface area contributed by atoms with Crippen molar-refractivity contribution in [3.8, 4) is 0 Å². The third-order valence-electron chi connectivity index (χ3n) is 1.98. The fraction of sp³-hybridized carbons (Fsp3) is 0.100. The zero-order valence-electron chi connectivity index (χ0n) is 7.82. The van der Waals surface area contributed by atoms with Gasteiger partial charge >= 0.3 is 0 Å². The van der Waals surface area contributed by atoms with E-state index in [9.17, 15) is 9.50 Å². The molecule has 16 heavy (non-hydrogen) atoms. The summed E-state index contributed by atoms with van der Waals surface area (Å²) in [4.78, 5) is 4.06. The molecular weight excluding hydrogens is 361 g/mol. The average Bonchev–Trinajstić information content (AvgIpc) is 2.67. The molecule has 2 aromatic rings. The third kappa shape index (κ3) is 2.51. The van der Waals surface area contributed by atoms with Gasteiger partial charge in [-0.25, -0.2) is 9.37 Å². The van der Waals surface area contributed by atoms with Crippen LogP contribution < -0.4 is 0 Å². The monoisotopic (exact) mass is 365 g/mol. The summed E-state index contributed by atoms with van der Waals surface area (Å²) in [5, 5.41) is 12.2. The van der Waals surface area contributed by atoms with Crippen LogP contribution in [0.4, 0.5) is 4.39 Å². The van der Waals surface area contributed by atoms with E-state index in [4.69, 9.17) is 0 Å². The lowest BCUT2D eigenvalue weighted by Gasteiger charge is -2.09. The first kappa shape index (κ1) is 12.2. The van der Waals surface area contributed by atoms with E-state index < -0.39 is 11.9 Å². The van der Waals surface area contributed by atoms with Gasteiger partial charge in [-0.3, -0.25) is 0 Å². The van der Waals surface area contributed by atoms with Gasteiger partial charge in [0.15, 0.2) is 0 Å². The van der Waals surface area contributed by atoms with E-state index in [0.29, 0.717) is 9.61 Å². The van der Waals surface area contributed by atoms with Crippen molar-refractivity contribution in [2.75, 3.05) is 0 Å². The molecule has 1 N–H and O–H groups in total. The molecule has 6 heteroatoms. The highest BCUT2D eigenvalue weighted by atomic mass is 79.9. The minimum atomic E-state index is -1.03. The summed E-state index contributed by atoms with van der Waals surface area (Å²) in [6.45, 7) is 0. The molecule has 0 saturated carbocycles. The van der Waals surface area contributed by atoms with Gasteiger partial charge in [0.05, 0.1) is 0 Å². The molecule has 1 heterocycles. The lowest BCUT2D eigenvalue weighted by atomic mass is 10.1. The second-order valence-corrected chi connectivity index (χ2v) is 5.69. The summed E-state index contributed by atoms with van der Waals surface area (Å²) in [5.74, 6) is -0.443. The zero-order chi connectivity index (χ0) is 11.7. The van der Waals surface area contributed by atoms with Crippen LogP contribution in [0.15, 0.2) is 32.7 Å². The van der Waals surface area contributed by atoms with Crippen molar-refractivity contribution in [1.29, 1.82) is 0 Å². The summed E-state index contributed by atoms with van der Waals surface area (Å²) in [7, 11) is 0. The molecule has 0 bridgehead atoms. The van der Waals surface area contributed by atoms with Gasteiger partial charge in [-0.1, -0.05) is 15.9 Å². The number of aliphatic hydroxyl groups excluding tert-OH is 1. The summed E-state index contributed by atoms with van der Waals surface area (Å²) in [5.41, 5.74) is 0.219. The lowest BCUT2D eigenvalue weighted by Crippen LogP contribution is -2.02. The predicted molar refractivity (Wildman–Crippen MR) is 68.0 cm³/mol. The SMILES string of the molecule is OC(c1nc(Br)cs1)c1cc(Br)ccc1F. The van der Waals surface area contributed by atoms with Crippen molar-refractivity contribution in [3.63, 3.8) is 0 Å². The molecule has 2 rings (SSSR count). The van der Waals surface area contributed by atoms with Crippen molar-refractivity contribution >= 4 is 43.2 Å². The van der Waals surface area contributed by atoms with E-state index in [1.807, 2.05) is 0 Å². The molecule has 0 aliphatic heterocycles. The number of hydrogen-bond donors (Lipinski definition) is 1. The van der Waals surface area contributed by atoms with Gasteiger partial charge in [0.25, 0.3) is 0 Å². The highest BCUT2D eigenvalue weighted by molar-refractivity contribution is 9.10. The van der Waals surface area contributed by atoms with Crippen LogP contribution in [-0.4, -0.2) is 10.1 Å². The topological polar surface area (TPSA) is 33.1 Å². The van der Waals surface area contributed by atoms with Crippen LogP contribution in [-0.2, 0) is 0 Å². The Morgan fingerprint density at radius 1 is 1.38 bits per heavy atom. The molecule has 0 spiro atoms. The van der Waals surface area contributed by atoms with Gasteiger partial charge in [-0.15, -0.1) is 11.3 Å². The molecule has 2 nitrogen and oxygen atoms in total. The minimum Gasteiger partial charge on any atom is -0.381 e. The van der Waals surface area contributed by atoms with E-state index in [2.05, 4.69) is 36.8 Å². The summed E-state index contributed by atoms with van der Waals surface area (Å²) in [6.07, 6.45) is -1.03. The molecule has 1 aromatic heterocycles. The molecule has 1 aromatic carbocycles. The first-order valence-corrected chi connectivity index (χ1v) is 6.78. The molecule has 1 atom stereocenters. The maximum Gasteiger partial charge on any atom is 0.133 e. The van der Waals surface area contributed by atoms with Crippen LogP contribution in [0.3, 0.4) is 0 Å². The number of hydrogen-bond acceptors (Lipinski definition) is 3. The van der Waals surface area contributed by atoms with Gasteiger partial charge in [0, 0.05) is 15.4 Å². The second-order valence-electron chi connectivity index (χ2n) is 3.08. The van der Waals surface area contributed by atoms with E-state index in [1.54, 1.807) is 17.5 Å². The van der Waals surface area contributed by atoms with Gasteiger partial charge in [-0.05, 0) is 34.1 Å². The molecule has 0 aliphatic rings. The molecule has 0 radical (unpaired) electrons. The van der Waals surface area contributed by atoms with Crippen molar-refractivity contribution in [2.24, 2.45) is 0 Å². The van der Waals surface area contributed by atoms with Gasteiger partial charge in [0.2, 0.25) is 0 Å². The maximum atomic E-state index is 13.5. The van der Waals surface area contributed by atoms with E-state index in [1.165, 1.54) is 17.4 Å². The minimum absolute atomic E-state index is 0.219. The molecular formula is C10H6Br2FNOS. The zero-order valence-corrected chi connectivity index (χ0v) is 11.8. The molecule has 0 fully saturated rings. The van der Waals surface area contributed by atoms with Crippen molar-refractivity contribution in [3.05, 3.63) is 49.0 Å². The smallest absolute Gasteiger partial charge is 0.133 e. The highest BCUT2D eigenvalue weighted by Gasteiger charge is 2.18. The quantitative estimate of drug-likeness (QED) is 0.874. The lowest BCUT2D eigenvalue weighted by molar-refractivity contribution is 0.214. The summed E-state index contributed by atoms with van der Waals surface area (Å²) in [6, 6.07) is 4.45. The molecule has 84 valence electrons. The molecule has 0 saturated heterocycles. The third-order valence-corrected chi connectivity index (χ3v) is 4.08. The van der Waals surface area contributed by atoms with Gasteiger partial charge in [0.1, 0.15) is 21.5 Å². The maximum absolute atomic E-state index is 13.5. The number of benzene rings is 1. The molecule has 0 amide bonds. The fourth-order valence-corrected chi connectivity index (χ4v) is 2.89. The standard InChI is InChI=1S/C10H6Br2FNOS/c11-5-1-2-7(13)6(3-5)9(15)10-14-8(12)4-16-10/h1-4,9,15H. The largest absolute Gasteiger partial charge is 0.381 e. The Morgan fingerprint density at radius 3 is 2.75 bits per heavy atom. The van der Waals surface area contributed by atoms with Crippen molar-refractivity contribution < 1.29 is 9.50 Å². The average molecular weight is 367 g/mol. The van der Waals surface area contributed by atoms with E-state index >= 15 is 0 Å². The Balaban J connectivity index is 2.40. The Bertz CT molecular complexity index is 517. The first-order valence-electron chi connectivity index (χ1n) is 4.32. The number of rotatable bonds is 2. The first-order chi connectivity index (χ1) is 7.58. The number of halogens is 3. The van der Waals surface area contributed by atoms with Gasteiger partial charge < -0.3 is 5.11 Å². The number of aliphatic hydroxyl groups is 1. The Morgan fingerprint density at radius 2 is 2.12 bits per heavy atom. The molecule has 1 unspecified atom stereocenters. The van der Waals surface area contributed by atoms with Crippen LogP contribution in [0.25, 0.3) is 0 Å². The number of nitrogens with zero attached hydrogens (tertiary/aromatic N) is 1. The van der Waals surface area contributed by atoms with E-state index in [-0.39, 0.29) is 5.56 Å². The number of aromatic nitrogens is 1. The predicted octanol–water partition coefficient (Wildman–Crippen LogP) is 3.89. The van der Waals surface area contributed by atoms with Crippen molar-refractivity contribution in [2.45, 2.75) is 6.10 Å². The van der Waals surface area contributed by atoms with Crippen molar-refractivity contribution in [1.82, 2.24) is 4.98 Å². The Hall–Kier alpha value is -0.300. The van der Waals surface area contributed by atoms with Crippen LogP contribution in [0.1, 0.15) is 16.7 Å². The van der Waals surface area contributed by atoms with Gasteiger partial charge in [-0.2, -0.15) is 0 Å². The number of thiazole rings is 1. The summed E-state index contributed by atoms with van der Waals surface area (Å²) >= 11 is 7.71. The van der Waals surface area contributed by atoms with Crippen LogP contribution in [0.2, 0.25) is 0 Å². The highest BCUT2D eigenvalue weighted by Crippen LogP contribution is 2.29. The van der Waals surface area contributed by atoms with Crippen LogP contribution in [0.5, 0.6) is 0 Å². The normalized spacial score (nSPS) is 12.8. The molecule has 0 aliphatic carbocycles. The van der Waals surface area contributed by atoms with Crippen LogP contribution >= 0.6 is 43.2 Å². The Labute approximate surface area is 112 Å². The fourth-order valence-electron chi connectivity index (χ4n) is 1.25. The summed E-state index contributed by atoms with van der Waals surface area (Å²) < 4.78 is 14.9. The Kier molecular flexibility index (Phi) is 3.73. The van der Waals surface area contributed by atoms with E-state index in [0.717, 1.165) is 4.47 Å². The second kappa shape index (κ2) is 4.91.